The molecule has 0 saturated carbocycles. The van der Waals surface area contributed by atoms with Crippen LogP contribution in [0, 0.1) is 6.92 Å². The van der Waals surface area contributed by atoms with Gasteiger partial charge in [-0.25, -0.2) is 9.97 Å². The Kier molecular flexibility index (Phi) is 2.33. The zero-order valence-corrected chi connectivity index (χ0v) is 8.61. The van der Waals surface area contributed by atoms with E-state index in [1.807, 2.05) is 18.2 Å². The number of carbonyl (C=O) groups is 1. The third-order valence-corrected chi connectivity index (χ3v) is 2.25. The topological polar surface area (TPSA) is 54.9 Å². The van der Waals surface area contributed by atoms with E-state index < -0.39 is 0 Å². The Morgan fingerprint density at radius 2 is 2.27 bits per heavy atom. The smallest absolute Gasteiger partial charge is 0.252 e. The van der Waals surface area contributed by atoms with Gasteiger partial charge in [0.15, 0.2) is 5.65 Å². The van der Waals surface area contributed by atoms with E-state index in [4.69, 9.17) is 0 Å². The fraction of sp³-hybridized carbons (Fsp3) is 0.182. The molecule has 1 amide bonds. The first-order chi connectivity index (χ1) is 7.22. The standard InChI is InChI=1S/C11H11N3O/c1-7-9(11(15)12-2)6-8-4-3-5-13-10(8)14-7/h3-6H,1-2H3,(H,12,15). The molecule has 0 aliphatic rings. The minimum Gasteiger partial charge on any atom is -0.355 e. The fourth-order valence-corrected chi connectivity index (χ4v) is 1.46. The molecule has 0 aromatic carbocycles. The van der Waals surface area contributed by atoms with Crippen LogP contribution in [0.25, 0.3) is 11.0 Å². The maximum absolute atomic E-state index is 11.5. The zero-order valence-electron chi connectivity index (χ0n) is 8.61. The van der Waals surface area contributed by atoms with Gasteiger partial charge in [0.1, 0.15) is 0 Å². The van der Waals surface area contributed by atoms with Gasteiger partial charge in [-0.3, -0.25) is 4.79 Å². The lowest BCUT2D eigenvalue weighted by molar-refractivity contribution is 0.0962. The molecule has 1 N–H and O–H groups in total. The van der Waals surface area contributed by atoms with Crippen LogP contribution in [0.3, 0.4) is 0 Å². The second-order valence-electron chi connectivity index (χ2n) is 3.25. The summed E-state index contributed by atoms with van der Waals surface area (Å²) in [6, 6.07) is 5.53. The number of aromatic nitrogens is 2. The van der Waals surface area contributed by atoms with Crippen LogP contribution in [-0.2, 0) is 0 Å². The number of amides is 1. The fourth-order valence-electron chi connectivity index (χ4n) is 1.46. The van der Waals surface area contributed by atoms with Gasteiger partial charge in [0.2, 0.25) is 0 Å². The molecule has 0 fully saturated rings. The van der Waals surface area contributed by atoms with Crippen LogP contribution >= 0.6 is 0 Å². The van der Waals surface area contributed by atoms with E-state index in [0.717, 1.165) is 5.39 Å². The molecule has 15 heavy (non-hydrogen) atoms. The van der Waals surface area contributed by atoms with Crippen LogP contribution in [0.5, 0.6) is 0 Å². The molecule has 4 nitrogen and oxygen atoms in total. The van der Waals surface area contributed by atoms with E-state index >= 15 is 0 Å². The van der Waals surface area contributed by atoms with E-state index in [-0.39, 0.29) is 5.91 Å². The van der Waals surface area contributed by atoms with Crippen molar-refractivity contribution in [3.63, 3.8) is 0 Å². The third kappa shape index (κ3) is 1.66. The highest BCUT2D eigenvalue weighted by Crippen LogP contribution is 2.13. The van der Waals surface area contributed by atoms with Crippen molar-refractivity contribution in [2.24, 2.45) is 0 Å². The van der Waals surface area contributed by atoms with Crippen LogP contribution in [0.15, 0.2) is 24.4 Å². The van der Waals surface area contributed by atoms with Gasteiger partial charge < -0.3 is 5.32 Å². The van der Waals surface area contributed by atoms with Gasteiger partial charge in [-0.15, -0.1) is 0 Å². The zero-order chi connectivity index (χ0) is 10.8. The van der Waals surface area contributed by atoms with Gasteiger partial charge in [0.25, 0.3) is 5.91 Å². The first-order valence-corrected chi connectivity index (χ1v) is 4.67. The van der Waals surface area contributed by atoms with Crippen molar-refractivity contribution in [2.75, 3.05) is 7.05 Å². The first kappa shape index (κ1) is 9.58. The van der Waals surface area contributed by atoms with Crippen LogP contribution in [0.1, 0.15) is 16.1 Å². The second kappa shape index (κ2) is 3.65. The molecule has 0 atom stereocenters. The maximum Gasteiger partial charge on any atom is 0.252 e. The Hall–Kier alpha value is -1.97. The van der Waals surface area contributed by atoms with Gasteiger partial charge in [-0.1, -0.05) is 0 Å². The number of hydrogen-bond acceptors (Lipinski definition) is 3. The molecule has 2 rings (SSSR count). The molecule has 2 heterocycles. The van der Waals surface area contributed by atoms with E-state index in [1.54, 1.807) is 20.2 Å². The molecule has 76 valence electrons. The Morgan fingerprint density at radius 1 is 1.47 bits per heavy atom. The number of aryl methyl sites for hydroxylation is 1. The van der Waals surface area contributed by atoms with E-state index in [9.17, 15) is 4.79 Å². The monoisotopic (exact) mass is 201 g/mol. The lowest BCUT2D eigenvalue weighted by atomic mass is 10.1. The van der Waals surface area contributed by atoms with Crippen molar-refractivity contribution in [3.05, 3.63) is 35.7 Å². The van der Waals surface area contributed by atoms with Gasteiger partial charge in [-0.2, -0.15) is 0 Å². The molecular weight excluding hydrogens is 190 g/mol. The lowest BCUT2D eigenvalue weighted by Crippen LogP contribution is -2.19. The summed E-state index contributed by atoms with van der Waals surface area (Å²) in [4.78, 5) is 19.9. The Balaban J connectivity index is 2.67. The second-order valence-corrected chi connectivity index (χ2v) is 3.25. The highest BCUT2D eigenvalue weighted by molar-refractivity contribution is 5.97. The summed E-state index contributed by atoms with van der Waals surface area (Å²) in [5.74, 6) is -0.120. The van der Waals surface area contributed by atoms with Crippen LogP contribution in [0.4, 0.5) is 0 Å². The van der Waals surface area contributed by atoms with Crippen molar-refractivity contribution in [1.82, 2.24) is 15.3 Å². The van der Waals surface area contributed by atoms with Gasteiger partial charge in [0, 0.05) is 18.6 Å². The van der Waals surface area contributed by atoms with Crippen molar-refractivity contribution >= 4 is 16.9 Å². The highest BCUT2D eigenvalue weighted by atomic mass is 16.1. The largest absolute Gasteiger partial charge is 0.355 e. The quantitative estimate of drug-likeness (QED) is 0.756. The van der Waals surface area contributed by atoms with E-state index in [0.29, 0.717) is 16.9 Å². The minimum absolute atomic E-state index is 0.120. The summed E-state index contributed by atoms with van der Waals surface area (Å²) in [6.45, 7) is 1.80. The van der Waals surface area contributed by atoms with Crippen molar-refractivity contribution < 1.29 is 4.79 Å². The molecule has 2 aromatic heterocycles. The molecule has 0 aliphatic carbocycles. The summed E-state index contributed by atoms with van der Waals surface area (Å²) in [7, 11) is 1.61. The van der Waals surface area contributed by atoms with Gasteiger partial charge in [-0.05, 0) is 25.1 Å². The van der Waals surface area contributed by atoms with Crippen molar-refractivity contribution in [1.29, 1.82) is 0 Å². The third-order valence-electron chi connectivity index (χ3n) is 2.25. The predicted octanol–water partition coefficient (Wildman–Crippen LogP) is 1.30. The summed E-state index contributed by atoms with van der Waals surface area (Å²) >= 11 is 0. The summed E-state index contributed by atoms with van der Waals surface area (Å²) < 4.78 is 0. The van der Waals surface area contributed by atoms with Crippen LogP contribution < -0.4 is 5.32 Å². The number of nitrogens with zero attached hydrogens (tertiary/aromatic N) is 2. The lowest BCUT2D eigenvalue weighted by Gasteiger charge is -2.04. The van der Waals surface area contributed by atoms with Gasteiger partial charge >= 0.3 is 0 Å². The van der Waals surface area contributed by atoms with Crippen molar-refractivity contribution in [2.45, 2.75) is 6.92 Å². The summed E-state index contributed by atoms with van der Waals surface area (Å²) in [5, 5.41) is 3.46. The number of rotatable bonds is 1. The maximum atomic E-state index is 11.5. The number of hydrogen-bond donors (Lipinski definition) is 1. The molecule has 0 saturated heterocycles. The number of carbonyl (C=O) groups excluding carboxylic acids is 1. The summed E-state index contributed by atoms with van der Waals surface area (Å²) in [5.41, 5.74) is 1.96. The molecule has 0 aliphatic heterocycles. The molecule has 4 heteroatoms. The van der Waals surface area contributed by atoms with Crippen LogP contribution in [0.2, 0.25) is 0 Å². The summed E-state index contributed by atoms with van der Waals surface area (Å²) in [6.07, 6.45) is 1.69. The molecule has 0 spiro atoms. The SMILES string of the molecule is CNC(=O)c1cc2cccnc2nc1C. The molecule has 0 radical (unpaired) electrons. The van der Waals surface area contributed by atoms with Gasteiger partial charge in [0.05, 0.1) is 11.3 Å². The Bertz CT molecular complexity index is 522. The highest BCUT2D eigenvalue weighted by Gasteiger charge is 2.09. The average Bonchev–Trinajstić information content (AvgIpc) is 2.27. The molecule has 2 aromatic rings. The van der Waals surface area contributed by atoms with E-state index in [2.05, 4.69) is 15.3 Å². The van der Waals surface area contributed by atoms with E-state index in [1.165, 1.54) is 0 Å². The van der Waals surface area contributed by atoms with Crippen molar-refractivity contribution in [3.8, 4) is 0 Å². The number of nitrogens with one attached hydrogen (secondary N) is 1. The number of fused-ring (bicyclic) bond motifs is 1. The average molecular weight is 201 g/mol. The van der Waals surface area contributed by atoms with Crippen LogP contribution in [-0.4, -0.2) is 22.9 Å². The normalized spacial score (nSPS) is 10.3. The number of pyridine rings is 2. The first-order valence-electron chi connectivity index (χ1n) is 4.67. The molecular formula is C11H11N3O. The minimum atomic E-state index is -0.120. The molecule has 0 bridgehead atoms. The Labute approximate surface area is 87.4 Å². The molecule has 0 unspecified atom stereocenters. The predicted molar refractivity (Wildman–Crippen MR) is 57.7 cm³/mol. The Morgan fingerprint density at radius 3 is 3.00 bits per heavy atom.